The second-order valence-electron chi connectivity index (χ2n) is 13.2. The molecule has 1 aromatic carbocycles. The van der Waals surface area contributed by atoms with E-state index < -0.39 is 17.6 Å². The zero-order valence-electron chi connectivity index (χ0n) is 23.6. The second-order valence-corrected chi connectivity index (χ2v) is 13.2. The third kappa shape index (κ3) is 4.69. The van der Waals surface area contributed by atoms with Gasteiger partial charge in [0.2, 0.25) is 0 Å². The van der Waals surface area contributed by atoms with Crippen LogP contribution in [-0.2, 0) is 20.5 Å². The summed E-state index contributed by atoms with van der Waals surface area (Å²) in [5.41, 5.74) is 3.27. The van der Waals surface area contributed by atoms with Crippen LogP contribution in [0, 0.1) is 24.2 Å². The number of carbonyl (C=O) groups is 2. The summed E-state index contributed by atoms with van der Waals surface area (Å²) in [5.74, 6) is 1.22. The van der Waals surface area contributed by atoms with Crippen molar-refractivity contribution >= 4 is 19.1 Å². The minimum atomic E-state index is -0.658. The van der Waals surface area contributed by atoms with Gasteiger partial charge in [-0.25, -0.2) is 15.1 Å². The normalized spacial score (nSPS) is 29.7. The number of hydrogen-bond acceptors (Lipinski definition) is 7. The maximum Gasteiger partial charge on any atom is 0.457 e. The first-order valence-corrected chi connectivity index (χ1v) is 13.8. The van der Waals surface area contributed by atoms with Gasteiger partial charge in [0.1, 0.15) is 23.0 Å². The molecule has 0 radical (unpaired) electrons. The number of carbonyl (C=O) groups excluding carboxylic acids is 2. The summed E-state index contributed by atoms with van der Waals surface area (Å²) in [6.07, 6.45) is 3.54. The second kappa shape index (κ2) is 9.42. The highest BCUT2D eigenvalue weighted by Crippen LogP contribution is 2.65. The Kier molecular flexibility index (Phi) is 6.76. The lowest BCUT2D eigenvalue weighted by atomic mass is 9.43. The molecule has 5 aliphatic rings. The predicted molar refractivity (Wildman–Crippen MR) is 141 cm³/mol. The number of amides is 2. The van der Waals surface area contributed by atoms with Crippen molar-refractivity contribution in [3.8, 4) is 5.75 Å². The first-order chi connectivity index (χ1) is 17.7. The molecule has 208 valence electrons. The molecule has 1 aromatic rings. The highest BCUT2D eigenvalue weighted by Gasteiger charge is 2.67. The van der Waals surface area contributed by atoms with Crippen LogP contribution in [0.2, 0.25) is 6.32 Å². The van der Waals surface area contributed by atoms with Gasteiger partial charge >= 0.3 is 19.1 Å². The molecule has 3 aliphatic carbocycles. The number of ether oxygens (including phenoxy) is 2. The molecule has 2 heterocycles. The van der Waals surface area contributed by atoms with E-state index in [1.165, 1.54) is 11.3 Å². The van der Waals surface area contributed by atoms with Crippen LogP contribution in [0.1, 0.15) is 75.9 Å². The Morgan fingerprint density at radius 2 is 1.92 bits per heavy atom. The maximum atomic E-state index is 13.3. The quantitative estimate of drug-likeness (QED) is 0.244. The van der Waals surface area contributed by atoms with Crippen LogP contribution in [0.3, 0.4) is 0 Å². The molecule has 3 saturated carbocycles. The van der Waals surface area contributed by atoms with Gasteiger partial charge in [-0.1, -0.05) is 19.9 Å². The molecule has 0 unspecified atom stereocenters. The first kappa shape index (κ1) is 27.3. The number of rotatable bonds is 6. The molecule has 0 aromatic heterocycles. The van der Waals surface area contributed by atoms with Crippen LogP contribution in [-0.4, -0.2) is 65.7 Å². The molecular formula is C28H41BN2O7. The van der Waals surface area contributed by atoms with Crippen LogP contribution < -0.4 is 10.2 Å². The van der Waals surface area contributed by atoms with Crippen molar-refractivity contribution in [2.45, 2.75) is 97.5 Å². The number of hydroxylamine groups is 1. The molecule has 2 saturated heterocycles. The number of nitrogens with zero attached hydrogens (tertiary/aromatic N) is 1. The standard InChI is InChI=1S/C28H41BN2O7/c1-16-17(10-11-29-37-22-13-18-12-21(27(18,5)6)28(22,7)38-29)8-9-20(23(16)24(32)36-26(2,3)4)35-19-14-31(15-19)25(33)30-34/h8-9,18-19,21-22,34H,10-15H2,1-7H3,(H,30,33)/t18-,21-,22+,28-/m0/s1. The summed E-state index contributed by atoms with van der Waals surface area (Å²) in [5, 5.41) is 8.82. The Labute approximate surface area is 225 Å². The molecule has 2 bridgehead atoms. The number of benzene rings is 1. The smallest absolute Gasteiger partial charge is 0.457 e. The van der Waals surface area contributed by atoms with Crippen LogP contribution in [0.25, 0.3) is 0 Å². The van der Waals surface area contributed by atoms with Gasteiger partial charge in [0.05, 0.1) is 24.8 Å². The fourth-order valence-electron chi connectivity index (χ4n) is 6.96. The number of likely N-dealkylation sites (tertiary alicyclic amines) is 1. The van der Waals surface area contributed by atoms with E-state index in [1.54, 1.807) is 5.48 Å². The largest absolute Gasteiger partial charge is 0.486 e. The highest BCUT2D eigenvalue weighted by molar-refractivity contribution is 6.45. The molecule has 2 amide bonds. The summed E-state index contributed by atoms with van der Waals surface area (Å²) < 4.78 is 24.8. The summed E-state index contributed by atoms with van der Waals surface area (Å²) in [7, 11) is -0.265. The average Bonchev–Trinajstić information content (AvgIpc) is 3.14. The van der Waals surface area contributed by atoms with Crippen molar-refractivity contribution in [2.24, 2.45) is 17.3 Å². The molecule has 2 aliphatic heterocycles. The van der Waals surface area contributed by atoms with Crippen molar-refractivity contribution in [3.63, 3.8) is 0 Å². The predicted octanol–water partition coefficient (Wildman–Crippen LogP) is 4.38. The van der Waals surface area contributed by atoms with Crippen LogP contribution in [0.15, 0.2) is 12.1 Å². The van der Waals surface area contributed by atoms with Gasteiger partial charge in [0, 0.05) is 0 Å². The molecule has 10 heteroatoms. The van der Waals surface area contributed by atoms with Crippen molar-refractivity contribution in [1.82, 2.24) is 10.4 Å². The Hall–Kier alpha value is -2.30. The summed E-state index contributed by atoms with van der Waals surface area (Å²) in [4.78, 5) is 26.3. The van der Waals surface area contributed by atoms with Gasteiger partial charge in [-0.3, -0.25) is 5.21 Å². The first-order valence-electron chi connectivity index (χ1n) is 13.8. The lowest BCUT2D eigenvalue weighted by Gasteiger charge is -2.64. The van der Waals surface area contributed by atoms with Crippen molar-refractivity contribution in [3.05, 3.63) is 28.8 Å². The molecule has 38 heavy (non-hydrogen) atoms. The minimum Gasteiger partial charge on any atom is -0.486 e. The molecule has 2 N–H and O–H groups in total. The fraction of sp³-hybridized carbons (Fsp3) is 0.714. The number of nitrogens with one attached hydrogen (secondary N) is 1. The van der Waals surface area contributed by atoms with Crippen LogP contribution in [0.4, 0.5) is 4.79 Å². The van der Waals surface area contributed by atoms with E-state index in [1.807, 2.05) is 39.8 Å². The molecular weight excluding hydrogens is 487 g/mol. The van der Waals surface area contributed by atoms with E-state index in [2.05, 4.69) is 20.8 Å². The maximum absolute atomic E-state index is 13.3. The van der Waals surface area contributed by atoms with Crippen LogP contribution >= 0.6 is 0 Å². The van der Waals surface area contributed by atoms with Gasteiger partial charge in [0.25, 0.3) is 0 Å². The van der Waals surface area contributed by atoms with Gasteiger partial charge in [-0.05, 0) is 94.6 Å². The van der Waals surface area contributed by atoms with Gasteiger partial charge in [-0.2, -0.15) is 0 Å². The van der Waals surface area contributed by atoms with E-state index >= 15 is 0 Å². The van der Waals surface area contributed by atoms with E-state index in [0.29, 0.717) is 54.4 Å². The van der Waals surface area contributed by atoms with Gasteiger partial charge in [-0.15, -0.1) is 0 Å². The Morgan fingerprint density at radius 1 is 1.21 bits per heavy atom. The molecule has 5 fully saturated rings. The van der Waals surface area contributed by atoms with Gasteiger partial charge in [0.15, 0.2) is 0 Å². The topological polar surface area (TPSA) is 107 Å². The molecule has 9 nitrogen and oxygen atoms in total. The van der Waals surface area contributed by atoms with E-state index in [4.69, 9.17) is 24.0 Å². The van der Waals surface area contributed by atoms with E-state index in [9.17, 15) is 9.59 Å². The number of aryl methyl sites for hydroxylation is 1. The lowest BCUT2D eigenvalue weighted by molar-refractivity contribution is -0.199. The van der Waals surface area contributed by atoms with Crippen molar-refractivity contribution in [2.75, 3.05) is 13.1 Å². The Balaban J connectivity index is 1.29. The monoisotopic (exact) mass is 528 g/mol. The fourth-order valence-corrected chi connectivity index (χ4v) is 6.96. The molecule has 0 spiro atoms. The summed E-state index contributed by atoms with van der Waals surface area (Å²) >= 11 is 0. The highest BCUT2D eigenvalue weighted by atomic mass is 16.7. The lowest BCUT2D eigenvalue weighted by Crippen LogP contribution is -2.65. The Bertz CT molecular complexity index is 1110. The summed E-state index contributed by atoms with van der Waals surface area (Å²) in [6, 6.07) is 3.22. The molecule has 6 rings (SSSR count). The van der Waals surface area contributed by atoms with E-state index in [-0.39, 0.29) is 24.9 Å². The average molecular weight is 528 g/mol. The minimum absolute atomic E-state index is 0.147. The zero-order chi connectivity index (χ0) is 27.6. The number of hydrogen-bond donors (Lipinski definition) is 2. The zero-order valence-corrected chi connectivity index (χ0v) is 23.6. The van der Waals surface area contributed by atoms with Crippen LogP contribution in [0.5, 0.6) is 5.75 Å². The third-order valence-electron chi connectivity index (χ3n) is 9.32. The third-order valence-corrected chi connectivity index (χ3v) is 9.32. The number of esters is 1. The Morgan fingerprint density at radius 3 is 2.55 bits per heavy atom. The summed E-state index contributed by atoms with van der Waals surface area (Å²) in [6.45, 7) is 15.0. The SMILES string of the molecule is Cc1c(CCB2O[C@@H]3C[C@@H]4C[C@@H](C4(C)C)[C@]3(C)O2)ccc(OC2CN(C(=O)NO)C2)c1C(=O)OC(C)(C)C. The van der Waals surface area contributed by atoms with Crippen molar-refractivity contribution < 1.29 is 33.6 Å². The number of urea groups is 1. The van der Waals surface area contributed by atoms with Gasteiger partial charge < -0.3 is 23.7 Å². The van der Waals surface area contributed by atoms with Crippen molar-refractivity contribution in [1.29, 1.82) is 0 Å². The van der Waals surface area contributed by atoms with E-state index in [0.717, 1.165) is 17.5 Å². The molecule has 4 atom stereocenters.